The van der Waals surface area contributed by atoms with Crippen molar-refractivity contribution < 1.29 is 4.79 Å². The first-order valence-corrected chi connectivity index (χ1v) is 11.3. The minimum absolute atomic E-state index is 0.101. The summed E-state index contributed by atoms with van der Waals surface area (Å²) >= 11 is 6.01. The summed E-state index contributed by atoms with van der Waals surface area (Å²) in [4.78, 5) is 12.6. The van der Waals surface area contributed by atoms with E-state index in [9.17, 15) is 10.1 Å². The Morgan fingerprint density at radius 2 is 1.70 bits per heavy atom. The van der Waals surface area contributed by atoms with E-state index in [0.717, 1.165) is 34.9 Å². The van der Waals surface area contributed by atoms with Gasteiger partial charge in [-0.1, -0.05) is 72.3 Å². The Morgan fingerprint density at radius 1 is 0.970 bits per heavy atom. The van der Waals surface area contributed by atoms with Crippen LogP contribution in [-0.4, -0.2) is 17.0 Å². The second-order valence-corrected chi connectivity index (χ2v) is 8.31. The molecule has 3 aromatic carbocycles. The minimum atomic E-state index is -0.347. The van der Waals surface area contributed by atoms with Gasteiger partial charge in [0.15, 0.2) is 0 Å². The molecule has 1 N–H and O–H groups in total. The lowest BCUT2D eigenvalue weighted by atomic mass is 10.1. The fourth-order valence-corrected chi connectivity index (χ4v) is 3.97. The van der Waals surface area contributed by atoms with Gasteiger partial charge < -0.3 is 9.88 Å². The number of benzene rings is 3. The van der Waals surface area contributed by atoms with Crippen molar-refractivity contribution in [1.29, 1.82) is 5.26 Å². The van der Waals surface area contributed by atoms with Crippen LogP contribution in [-0.2, 0) is 17.8 Å². The minimum Gasteiger partial charge on any atom is -0.351 e. The standard InChI is InChI=1S/C28H24ClN3O/c29-25-14-12-22(13-15-25)19-32-20-24(26-10-4-5-11-27(26)32)17-23(18-30)28(33)31-16-6-9-21-7-2-1-3-8-21/h1-5,7-8,10-15,17,20H,6,9,16,19H2,(H,31,33)/b23-17-. The van der Waals surface area contributed by atoms with Crippen molar-refractivity contribution in [2.45, 2.75) is 19.4 Å². The molecule has 4 nitrogen and oxygen atoms in total. The number of aromatic nitrogens is 1. The maximum atomic E-state index is 12.6. The molecule has 0 unspecified atom stereocenters. The normalized spacial score (nSPS) is 11.3. The Kier molecular flexibility index (Phi) is 7.24. The van der Waals surface area contributed by atoms with Gasteiger partial charge in [0.1, 0.15) is 11.6 Å². The van der Waals surface area contributed by atoms with Gasteiger partial charge >= 0.3 is 0 Å². The van der Waals surface area contributed by atoms with Gasteiger partial charge in [0.2, 0.25) is 0 Å². The van der Waals surface area contributed by atoms with Crippen molar-refractivity contribution in [2.24, 2.45) is 0 Å². The van der Waals surface area contributed by atoms with Crippen LogP contribution in [0.3, 0.4) is 0 Å². The third-order valence-electron chi connectivity index (χ3n) is 5.52. The van der Waals surface area contributed by atoms with Crippen molar-refractivity contribution in [1.82, 2.24) is 9.88 Å². The molecule has 0 aliphatic heterocycles. The Hall–Kier alpha value is -3.81. The Labute approximate surface area is 198 Å². The van der Waals surface area contributed by atoms with Gasteiger partial charge in [-0.3, -0.25) is 4.79 Å². The van der Waals surface area contributed by atoms with Crippen molar-refractivity contribution in [2.75, 3.05) is 6.54 Å². The molecule has 0 aliphatic rings. The largest absolute Gasteiger partial charge is 0.351 e. The molecule has 0 saturated heterocycles. The molecular weight excluding hydrogens is 430 g/mol. The van der Waals surface area contributed by atoms with E-state index in [4.69, 9.17) is 11.6 Å². The fraction of sp³-hybridized carbons (Fsp3) is 0.143. The summed E-state index contributed by atoms with van der Waals surface area (Å²) in [5, 5.41) is 14.2. The highest BCUT2D eigenvalue weighted by atomic mass is 35.5. The van der Waals surface area contributed by atoms with Crippen molar-refractivity contribution in [3.05, 3.63) is 112 Å². The Bertz CT molecular complexity index is 1320. The van der Waals surface area contributed by atoms with Crippen LogP contribution in [0.1, 0.15) is 23.1 Å². The van der Waals surface area contributed by atoms with Crippen LogP contribution in [0, 0.1) is 11.3 Å². The van der Waals surface area contributed by atoms with Crippen LogP contribution in [0.4, 0.5) is 0 Å². The summed E-state index contributed by atoms with van der Waals surface area (Å²) < 4.78 is 2.12. The number of fused-ring (bicyclic) bond motifs is 1. The quantitative estimate of drug-likeness (QED) is 0.202. The third kappa shape index (κ3) is 5.71. The van der Waals surface area contributed by atoms with E-state index in [2.05, 4.69) is 28.1 Å². The molecule has 0 bridgehead atoms. The van der Waals surface area contributed by atoms with Crippen molar-refractivity contribution >= 4 is 34.5 Å². The predicted octanol–water partition coefficient (Wildman–Crippen LogP) is 6.00. The summed E-state index contributed by atoms with van der Waals surface area (Å²) in [6.07, 6.45) is 5.35. The van der Waals surface area contributed by atoms with Crippen LogP contribution in [0.5, 0.6) is 0 Å². The molecule has 1 heterocycles. The summed E-state index contributed by atoms with van der Waals surface area (Å²) in [5.41, 5.74) is 4.34. The number of nitriles is 1. The lowest BCUT2D eigenvalue weighted by Crippen LogP contribution is -2.25. The lowest BCUT2D eigenvalue weighted by molar-refractivity contribution is -0.117. The molecule has 5 heteroatoms. The zero-order chi connectivity index (χ0) is 23.0. The van der Waals surface area contributed by atoms with Crippen LogP contribution in [0.15, 0.2) is 90.6 Å². The number of hydrogen-bond acceptors (Lipinski definition) is 2. The second kappa shape index (κ2) is 10.7. The summed E-state index contributed by atoms with van der Waals surface area (Å²) in [7, 11) is 0. The van der Waals surface area contributed by atoms with Gasteiger partial charge in [-0.05, 0) is 48.2 Å². The molecule has 164 valence electrons. The first-order valence-electron chi connectivity index (χ1n) is 10.9. The average Bonchev–Trinajstić information content (AvgIpc) is 3.19. The molecule has 0 fully saturated rings. The zero-order valence-corrected chi connectivity index (χ0v) is 18.9. The van der Waals surface area contributed by atoms with E-state index in [-0.39, 0.29) is 11.5 Å². The Morgan fingerprint density at radius 3 is 2.45 bits per heavy atom. The SMILES string of the molecule is N#C/C(=C/c1cn(Cc2ccc(Cl)cc2)c2ccccc12)C(=O)NCCCc1ccccc1. The number of halogens is 1. The van der Waals surface area contributed by atoms with E-state index in [1.807, 2.05) is 72.9 Å². The molecule has 0 atom stereocenters. The second-order valence-electron chi connectivity index (χ2n) is 7.87. The molecule has 0 aliphatic carbocycles. The van der Waals surface area contributed by atoms with Gasteiger partial charge in [-0.25, -0.2) is 0 Å². The number of nitrogens with zero attached hydrogens (tertiary/aromatic N) is 2. The smallest absolute Gasteiger partial charge is 0.261 e. The number of hydrogen-bond donors (Lipinski definition) is 1. The van der Waals surface area contributed by atoms with Crippen molar-refractivity contribution in [3.63, 3.8) is 0 Å². The molecular formula is C28H24ClN3O. The molecule has 0 spiro atoms. The first kappa shape index (κ1) is 22.4. The van der Waals surface area contributed by atoms with Crippen molar-refractivity contribution in [3.8, 4) is 6.07 Å². The number of aryl methyl sites for hydroxylation is 1. The van der Waals surface area contributed by atoms with Gasteiger partial charge in [0.05, 0.1) is 0 Å². The van der Waals surface area contributed by atoms with Crippen LogP contribution in [0.2, 0.25) is 5.02 Å². The summed E-state index contributed by atoms with van der Waals surface area (Å²) in [6.45, 7) is 1.18. The number of nitrogens with one attached hydrogen (secondary N) is 1. The van der Waals surface area contributed by atoms with Crippen LogP contribution >= 0.6 is 11.6 Å². The first-order chi connectivity index (χ1) is 16.1. The molecule has 33 heavy (non-hydrogen) atoms. The van der Waals surface area contributed by atoms with E-state index in [1.54, 1.807) is 6.08 Å². The molecule has 0 saturated carbocycles. The van der Waals surface area contributed by atoms with Gasteiger partial charge in [-0.2, -0.15) is 5.26 Å². The topological polar surface area (TPSA) is 57.8 Å². The number of para-hydroxylation sites is 1. The van der Waals surface area contributed by atoms with Gasteiger partial charge in [0.25, 0.3) is 5.91 Å². The predicted molar refractivity (Wildman–Crippen MR) is 134 cm³/mol. The number of carbonyl (C=O) groups excluding carboxylic acids is 1. The summed E-state index contributed by atoms with van der Waals surface area (Å²) in [6, 6.07) is 27.9. The van der Waals surface area contributed by atoms with Crippen LogP contribution in [0.25, 0.3) is 17.0 Å². The number of carbonyl (C=O) groups is 1. The zero-order valence-electron chi connectivity index (χ0n) is 18.2. The maximum absolute atomic E-state index is 12.6. The van der Waals surface area contributed by atoms with Gasteiger partial charge in [-0.15, -0.1) is 0 Å². The monoisotopic (exact) mass is 453 g/mol. The number of rotatable bonds is 8. The number of amides is 1. The molecule has 1 aromatic heterocycles. The lowest BCUT2D eigenvalue weighted by Gasteiger charge is -2.05. The highest BCUT2D eigenvalue weighted by molar-refractivity contribution is 6.30. The maximum Gasteiger partial charge on any atom is 0.261 e. The third-order valence-corrected chi connectivity index (χ3v) is 5.77. The molecule has 4 rings (SSSR count). The van der Waals surface area contributed by atoms with E-state index in [0.29, 0.717) is 18.1 Å². The fourth-order valence-electron chi connectivity index (χ4n) is 3.85. The highest BCUT2D eigenvalue weighted by Gasteiger charge is 2.12. The average molecular weight is 454 g/mol. The Balaban J connectivity index is 1.49. The van der Waals surface area contributed by atoms with Gasteiger partial charge in [0, 0.05) is 40.8 Å². The highest BCUT2D eigenvalue weighted by Crippen LogP contribution is 2.25. The van der Waals surface area contributed by atoms with Crippen LogP contribution < -0.4 is 5.32 Å². The summed E-state index contributed by atoms with van der Waals surface area (Å²) in [5.74, 6) is -0.347. The molecule has 1 amide bonds. The van der Waals surface area contributed by atoms with E-state index < -0.39 is 0 Å². The molecule has 0 radical (unpaired) electrons. The van der Waals surface area contributed by atoms with E-state index in [1.165, 1.54) is 5.56 Å². The molecule has 4 aromatic rings. The van der Waals surface area contributed by atoms with E-state index >= 15 is 0 Å².